The molecular formula is C21H25ClN2O5S. The third-order valence-electron chi connectivity index (χ3n) is 4.61. The van der Waals surface area contributed by atoms with E-state index >= 15 is 0 Å². The molecule has 1 N–H and O–H groups in total. The Morgan fingerprint density at radius 1 is 1.10 bits per heavy atom. The lowest BCUT2D eigenvalue weighted by Gasteiger charge is -2.23. The molecule has 7 nitrogen and oxygen atoms in total. The Balaban J connectivity index is 2.04. The summed E-state index contributed by atoms with van der Waals surface area (Å²) in [6, 6.07) is 9.86. The number of nitrogens with zero attached hydrogens (tertiary/aromatic N) is 1. The summed E-state index contributed by atoms with van der Waals surface area (Å²) in [6.45, 7) is 4.03. The molecule has 2 rings (SSSR count). The normalized spacial score (nSPS) is 11.1. The second-order valence-electron chi connectivity index (χ2n) is 6.94. The molecule has 9 heteroatoms. The van der Waals surface area contributed by atoms with Crippen LogP contribution in [-0.4, -0.2) is 40.2 Å². The van der Waals surface area contributed by atoms with E-state index < -0.39 is 16.0 Å². The Bertz CT molecular complexity index is 1050. The summed E-state index contributed by atoms with van der Waals surface area (Å²) in [5, 5.41) is 2.93. The van der Waals surface area contributed by atoms with Gasteiger partial charge in [0.25, 0.3) is 0 Å². The number of hydrogen-bond donors (Lipinski definition) is 1. The van der Waals surface area contributed by atoms with E-state index in [1.165, 1.54) is 29.6 Å². The van der Waals surface area contributed by atoms with Gasteiger partial charge in [-0.25, -0.2) is 13.2 Å². The molecule has 0 atom stereocenters. The Hall–Kier alpha value is -2.58. The predicted octanol–water partition coefficient (Wildman–Crippen LogP) is 3.93. The standard InChI is InChI=1S/C21H25ClN2O5S/c1-14-7-9-17(12-15(14)2)24(30(4,27)28)11-5-6-20(25)23-19-13-16(21(26)29-3)8-10-18(19)22/h7-10,12-13H,5-6,11H2,1-4H3,(H,23,25). The van der Waals surface area contributed by atoms with Gasteiger partial charge >= 0.3 is 5.97 Å². The molecule has 0 spiro atoms. The fourth-order valence-corrected chi connectivity index (χ4v) is 3.95. The molecule has 0 aliphatic carbocycles. The number of carbonyl (C=O) groups is 2. The van der Waals surface area contributed by atoms with Crippen LogP contribution in [0.5, 0.6) is 0 Å². The number of halogens is 1. The van der Waals surface area contributed by atoms with Crippen molar-refractivity contribution in [2.45, 2.75) is 26.7 Å². The van der Waals surface area contributed by atoms with Gasteiger partial charge in [0.1, 0.15) is 0 Å². The van der Waals surface area contributed by atoms with Crippen LogP contribution in [0.2, 0.25) is 5.02 Å². The fraction of sp³-hybridized carbons (Fsp3) is 0.333. The zero-order valence-electron chi connectivity index (χ0n) is 17.4. The number of ether oxygens (including phenoxy) is 1. The highest BCUT2D eigenvalue weighted by Gasteiger charge is 2.18. The number of carbonyl (C=O) groups excluding carboxylic acids is 2. The van der Waals surface area contributed by atoms with Crippen molar-refractivity contribution < 1.29 is 22.7 Å². The van der Waals surface area contributed by atoms with Gasteiger partial charge in [0.05, 0.1) is 35.3 Å². The molecule has 2 aromatic rings. The summed E-state index contributed by atoms with van der Waals surface area (Å²) in [5.74, 6) is -0.883. The van der Waals surface area contributed by atoms with Gasteiger partial charge in [-0.2, -0.15) is 0 Å². The summed E-state index contributed by atoms with van der Waals surface area (Å²) in [7, 11) is -2.24. The van der Waals surface area contributed by atoms with Crippen LogP contribution in [-0.2, 0) is 19.6 Å². The van der Waals surface area contributed by atoms with E-state index in [2.05, 4.69) is 10.1 Å². The SMILES string of the molecule is COC(=O)c1ccc(Cl)c(NC(=O)CCCN(c2ccc(C)c(C)c2)S(C)(=O)=O)c1. The van der Waals surface area contributed by atoms with E-state index in [9.17, 15) is 18.0 Å². The van der Waals surface area contributed by atoms with Crippen LogP contribution >= 0.6 is 11.6 Å². The molecule has 0 aromatic heterocycles. The van der Waals surface area contributed by atoms with Gasteiger partial charge < -0.3 is 10.1 Å². The van der Waals surface area contributed by atoms with Crippen molar-refractivity contribution in [3.63, 3.8) is 0 Å². The molecule has 0 heterocycles. The predicted molar refractivity (Wildman–Crippen MR) is 119 cm³/mol. The Morgan fingerprint density at radius 2 is 1.80 bits per heavy atom. The van der Waals surface area contributed by atoms with Crippen LogP contribution in [0, 0.1) is 13.8 Å². The first-order chi connectivity index (χ1) is 14.0. The average Bonchev–Trinajstić information content (AvgIpc) is 2.67. The second kappa shape index (κ2) is 9.95. The van der Waals surface area contributed by atoms with Crippen molar-refractivity contribution >= 4 is 44.9 Å². The van der Waals surface area contributed by atoms with Gasteiger partial charge in [-0.15, -0.1) is 0 Å². The molecule has 30 heavy (non-hydrogen) atoms. The van der Waals surface area contributed by atoms with Gasteiger partial charge in [-0.1, -0.05) is 17.7 Å². The van der Waals surface area contributed by atoms with Gasteiger partial charge in [-0.3, -0.25) is 9.10 Å². The fourth-order valence-electron chi connectivity index (χ4n) is 2.83. The number of benzene rings is 2. The number of nitrogens with one attached hydrogen (secondary N) is 1. The smallest absolute Gasteiger partial charge is 0.337 e. The minimum absolute atomic E-state index is 0.0790. The van der Waals surface area contributed by atoms with E-state index in [4.69, 9.17) is 11.6 Å². The lowest BCUT2D eigenvalue weighted by Crippen LogP contribution is -2.31. The largest absolute Gasteiger partial charge is 0.465 e. The Labute approximate surface area is 182 Å². The van der Waals surface area contributed by atoms with Crippen LogP contribution in [0.3, 0.4) is 0 Å². The monoisotopic (exact) mass is 452 g/mol. The maximum Gasteiger partial charge on any atom is 0.337 e. The van der Waals surface area contributed by atoms with Crippen molar-refractivity contribution in [1.82, 2.24) is 0 Å². The van der Waals surface area contributed by atoms with Gasteiger partial charge in [0.15, 0.2) is 0 Å². The quantitative estimate of drug-likeness (QED) is 0.612. The maximum absolute atomic E-state index is 12.3. The molecule has 0 unspecified atom stereocenters. The highest BCUT2D eigenvalue weighted by molar-refractivity contribution is 7.92. The third kappa shape index (κ3) is 6.21. The van der Waals surface area contributed by atoms with E-state index in [1.54, 1.807) is 6.07 Å². The molecule has 162 valence electrons. The molecule has 0 aliphatic heterocycles. The summed E-state index contributed by atoms with van der Waals surface area (Å²) in [4.78, 5) is 24.0. The van der Waals surface area contributed by atoms with Crippen molar-refractivity contribution in [2.24, 2.45) is 0 Å². The number of amides is 1. The third-order valence-corrected chi connectivity index (χ3v) is 6.13. The molecule has 0 saturated heterocycles. The van der Waals surface area contributed by atoms with Crippen molar-refractivity contribution in [3.05, 3.63) is 58.1 Å². The first-order valence-electron chi connectivity index (χ1n) is 9.25. The first-order valence-corrected chi connectivity index (χ1v) is 11.5. The zero-order chi connectivity index (χ0) is 22.5. The Kier molecular flexibility index (Phi) is 7.86. The summed E-state index contributed by atoms with van der Waals surface area (Å²) in [6.07, 6.45) is 1.52. The molecule has 0 radical (unpaired) electrons. The molecule has 0 saturated carbocycles. The van der Waals surface area contributed by atoms with E-state index in [0.29, 0.717) is 17.8 Å². The van der Waals surface area contributed by atoms with Crippen LogP contribution in [0.4, 0.5) is 11.4 Å². The van der Waals surface area contributed by atoms with E-state index in [1.807, 2.05) is 26.0 Å². The number of rotatable bonds is 8. The summed E-state index contributed by atoms with van der Waals surface area (Å²) >= 11 is 6.09. The van der Waals surface area contributed by atoms with Gasteiger partial charge in [-0.05, 0) is 61.7 Å². The minimum Gasteiger partial charge on any atom is -0.465 e. The molecule has 0 bridgehead atoms. The van der Waals surface area contributed by atoms with Crippen LogP contribution in [0.25, 0.3) is 0 Å². The molecule has 2 aromatic carbocycles. The average molecular weight is 453 g/mol. The van der Waals surface area contributed by atoms with Crippen molar-refractivity contribution in [1.29, 1.82) is 0 Å². The van der Waals surface area contributed by atoms with Gasteiger partial charge in [0, 0.05) is 13.0 Å². The Morgan fingerprint density at radius 3 is 2.40 bits per heavy atom. The molecule has 1 amide bonds. The number of sulfonamides is 1. The summed E-state index contributed by atoms with van der Waals surface area (Å²) in [5.41, 5.74) is 3.17. The van der Waals surface area contributed by atoms with Crippen molar-refractivity contribution in [2.75, 3.05) is 29.5 Å². The second-order valence-corrected chi connectivity index (χ2v) is 9.26. The molecule has 0 aliphatic rings. The number of methoxy groups -OCH3 is 1. The first kappa shape index (κ1) is 23.7. The highest BCUT2D eigenvalue weighted by atomic mass is 35.5. The van der Waals surface area contributed by atoms with Crippen LogP contribution in [0.15, 0.2) is 36.4 Å². The molecular weight excluding hydrogens is 428 g/mol. The van der Waals surface area contributed by atoms with E-state index in [-0.39, 0.29) is 29.5 Å². The van der Waals surface area contributed by atoms with Crippen molar-refractivity contribution in [3.8, 4) is 0 Å². The number of hydrogen-bond acceptors (Lipinski definition) is 5. The topological polar surface area (TPSA) is 92.8 Å². The van der Waals surface area contributed by atoms with Gasteiger partial charge in [0.2, 0.25) is 15.9 Å². The molecule has 0 fully saturated rings. The maximum atomic E-state index is 12.3. The lowest BCUT2D eigenvalue weighted by molar-refractivity contribution is -0.116. The lowest BCUT2D eigenvalue weighted by atomic mass is 10.1. The summed E-state index contributed by atoms with van der Waals surface area (Å²) < 4.78 is 30.4. The number of aryl methyl sites for hydroxylation is 2. The minimum atomic E-state index is -3.50. The van der Waals surface area contributed by atoms with E-state index in [0.717, 1.165) is 17.4 Å². The van der Waals surface area contributed by atoms with Crippen LogP contribution in [0.1, 0.15) is 34.3 Å². The van der Waals surface area contributed by atoms with Crippen LogP contribution < -0.4 is 9.62 Å². The number of anilines is 2. The zero-order valence-corrected chi connectivity index (χ0v) is 18.9. The highest BCUT2D eigenvalue weighted by Crippen LogP contribution is 2.24. The number of esters is 1.